The Morgan fingerprint density at radius 2 is 1.91 bits per heavy atom. The molecule has 0 aliphatic carbocycles. The van der Waals surface area contributed by atoms with Crippen LogP contribution >= 0.6 is 11.6 Å². The summed E-state index contributed by atoms with van der Waals surface area (Å²) in [6, 6.07) is 12.7. The van der Waals surface area contributed by atoms with Crippen molar-refractivity contribution in [1.82, 2.24) is 0 Å². The molecule has 1 aliphatic heterocycles. The van der Waals surface area contributed by atoms with Gasteiger partial charge < -0.3 is 9.47 Å². The van der Waals surface area contributed by atoms with Gasteiger partial charge in [-0.2, -0.15) is 8.78 Å². The lowest BCUT2D eigenvalue weighted by Gasteiger charge is -2.31. The highest BCUT2D eigenvalue weighted by Crippen LogP contribution is 2.39. The van der Waals surface area contributed by atoms with Gasteiger partial charge in [0.1, 0.15) is 23.9 Å². The molecule has 1 aliphatic rings. The average Bonchev–Trinajstić information content (AvgIpc) is 2.79. The van der Waals surface area contributed by atoms with Gasteiger partial charge in [0.15, 0.2) is 0 Å². The van der Waals surface area contributed by atoms with Gasteiger partial charge in [-0.05, 0) is 66.9 Å². The third-order valence-electron chi connectivity index (χ3n) is 5.52. The molecule has 0 bridgehead atoms. The van der Waals surface area contributed by atoms with E-state index in [1.54, 1.807) is 31.2 Å². The van der Waals surface area contributed by atoms with Crippen LogP contribution < -0.4 is 13.8 Å². The van der Waals surface area contributed by atoms with Crippen LogP contribution in [0.25, 0.3) is 11.6 Å². The summed E-state index contributed by atoms with van der Waals surface area (Å²) < 4.78 is 77.8. The first-order valence-corrected chi connectivity index (χ1v) is 12.4. The SMILES string of the molecule is C/C(=C\c1cc2c(cc1C)OCCN2S(=O)(=O)c1cccc(OC(F)F)c1)c1c(F)cccc1Cl. The van der Waals surface area contributed by atoms with Crippen LogP contribution in [0.5, 0.6) is 11.5 Å². The van der Waals surface area contributed by atoms with Crippen molar-refractivity contribution in [2.75, 3.05) is 17.5 Å². The van der Waals surface area contributed by atoms with E-state index in [2.05, 4.69) is 4.74 Å². The van der Waals surface area contributed by atoms with Gasteiger partial charge in [-0.15, -0.1) is 0 Å². The Balaban J connectivity index is 1.77. The van der Waals surface area contributed by atoms with E-state index in [0.717, 1.165) is 15.9 Å². The van der Waals surface area contributed by atoms with E-state index in [1.165, 1.54) is 30.3 Å². The lowest BCUT2D eigenvalue weighted by atomic mass is 10.00. The summed E-state index contributed by atoms with van der Waals surface area (Å²) in [4.78, 5) is -0.199. The second kappa shape index (κ2) is 9.83. The van der Waals surface area contributed by atoms with Crippen LogP contribution in [0.4, 0.5) is 18.9 Å². The van der Waals surface area contributed by atoms with Crippen molar-refractivity contribution in [3.05, 3.63) is 82.1 Å². The van der Waals surface area contributed by atoms with Crippen LogP contribution in [-0.2, 0) is 10.0 Å². The maximum atomic E-state index is 14.4. The lowest BCUT2D eigenvalue weighted by molar-refractivity contribution is -0.0499. The van der Waals surface area contributed by atoms with Crippen LogP contribution in [0.1, 0.15) is 23.6 Å². The lowest BCUT2D eigenvalue weighted by Crippen LogP contribution is -2.38. The fourth-order valence-electron chi connectivity index (χ4n) is 3.88. The first kappa shape index (κ1) is 24.9. The second-order valence-corrected chi connectivity index (χ2v) is 10.1. The molecule has 0 spiro atoms. The molecular formula is C25H21ClF3NO4S. The monoisotopic (exact) mass is 523 g/mol. The number of ether oxygens (including phenoxy) is 2. The predicted molar refractivity (Wildman–Crippen MR) is 129 cm³/mol. The van der Waals surface area contributed by atoms with Crippen molar-refractivity contribution in [3.8, 4) is 11.5 Å². The molecule has 0 aromatic heterocycles. The van der Waals surface area contributed by atoms with E-state index in [4.69, 9.17) is 16.3 Å². The number of halogens is 4. The maximum Gasteiger partial charge on any atom is 0.387 e. The van der Waals surface area contributed by atoms with Crippen LogP contribution in [0.15, 0.2) is 59.5 Å². The van der Waals surface area contributed by atoms with Crippen molar-refractivity contribution in [3.63, 3.8) is 0 Å². The minimum Gasteiger partial charge on any atom is -0.489 e. The van der Waals surface area contributed by atoms with Crippen molar-refractivity contribution in [2.45, 2.75) is 25.4 Å². The van der Waals surface area contributed by atoms with E-state index in [1.807, 2.05) is 6.92 Å². The van der Waals surface area contributed by atoms with Gasteiger partial charge in [0.2, 0.25) is 0 Å². The zero-order valence-corrected chi connectivity index (χ0v) is 20.3. The molecule has 3 aromatic carbocycles. The Hall–Kier alpha value is -3.17. The topological polar surface area (TPSA) is 55.8 Å². The minimum atomic E-state index is -4.13. The first-order chi connectivity index (χ1) is 16.6. The molecule has 3 aromatic rings. The van der Waals surface area contributed by atoms with Gasteiger partial charge in [-0.25, -0.2) is 12.8 Å². The van der Waals surface area contributed by atoms with Gasteiger partial charge >= 0.3 is 6.61 Å². The van der Waals surface area contributed by atoms with Crippen LogP contribution in [-0.4, -0.2) is 28.2 Å². The van der Waals surface area contributed by atoms with Gasteiger partial charge in [0, 0.05) is 11.6 Å². The Labute approximate surface area is 206 Å². The fourth-order valence-corrected chi connectivity index (χ4v) is 5.68. The van der Waals surface area contributed by atoms with Gasteiger partial charge in [0.05, 0.1) is 22.2 Å². The molecule has 4 rings (SSSR count). The van der Waals surface area contributed by atoms with Crippen molar-refractivity contribution in [2.24, 2.45) is 0 Å². The summed E-state index contributed by atoms with van der Waals surface area (Å²) in [7, 11) is -4.13. The molecule has 35 heavy (non-hydrogen) atoms. The number of hydrogen-bond acceptors (Lipinski definition) is 4. The van der Waals surface area contributed by atoms with Crippen molar-refractivity contribution >= 4 is 39.0 Å². The number of alkyl halides is 2. The number of benzene rings is 3. The number of rotatable bonds is 6. The highest BCUT2D eigenvalue weighted by molar-refractivity contribution is 7.92. The smallest absolute Gasteiger partial charge is 0.387 e. The van der Waals surface area contributed by atoms with E-state index in [9.17, 15) is 21.6 Å². The largest absolute Gasteiger partial charge is 0.489 e. The number of aryl methyl sites for hydroxylation is 1. The summed E-state index contributed by atoms with van der Waals surface area (Å²) in [6.45, 7) is 0.575. The molecular weight excluding hydrogens is 503 g/mol. The summed E-state index contributed by atoms with van der Waals surface area (Å²) in [5, 5.41) is 0.257. The van der Waals surface area contributed by atoms with Gasteiger partial charge in [-0.3, -0.25) is 4.31 Å². The second-order valence-electron chi connectivity index (χ2n) is 7.88. The van der Waals surface area contributed by atoms with Crippen molar-refractivity contribution < 1.29 is 31.1 Å². The zero-order valence-electron chi connectivity index (χ0n) is 18.8. The number of sulfonamides is 1. The summed E-state index contributed by atoms with van der Waals surface area (Å²) >= 11 is 6.20. The summed E-state index contributed by atoms with van der Waals surface area (Å²) in [5.41, 5.74) is 2.51. The van der Waals surface area contributed by atoms with E-state index in [-0.39, 0.29) is 40.1 Å². The first-order valence-electron chi connectivity index (χ1n) is 10.6. The van der Waals surface area contributed by atoms with E-state index >= 15 is 0 Å². The average molecular weight is 524 g/mol. The molecule has 0 unspecified atom stereocenters. The van der Waals surface area contributed by atoms with E-state index in [0.29, 0.717) is 16.9 Å². The summed E-state index contributed by atoms with van der Waals surface area (Å²) in [5.74, 6) is -0.379. The molecule has 5 nitrogen and oxygen atoms in total. The standard InChI is InChI=1S/C25H21ClF3NO4S/c1-15-12-23-22(13-17(15)11-16(2)24-20(26)7-4-8-21(24)27)30(9-10-33-23)35(31,32)19-6-3-5-18(14-19)34-25(28)29/h3-8,11-14,25H,9-10H2,1-2H3/b16-11+. The molecule has 184 valence electrons. The zero-order chi connectivity index (χ0) is 25.3. The van der Waals surface area contributed by atoms with E-state index < -0.39 is 22.5 Å². The normalized spacial score (nSPS) is 14.0. The third-order valence-corrected chi connectivity index (χ3v) is 7.64. The number of nitrogens with zero attached hydrogens (tertiary/aromatic N) is 1. The minimum absolute atomic E-state index is 0.0135. The molecule has 10 heteroatoms. The Bertz CT molecular complexity index is 1390. The summed E-state index contributed by atoms with van der Waals surface area (Å²) in [6.07, 6.45) is 1.72. The quantitative estimate of drug-likeness (QED) is 0.344. The third kappa shape index (κ3) is 5.11. The Morgan fingerprint density at radius 1 is 1.17 bits per heavy atom. The number of anilines is 1. The molecule has 0 fully saturated rings. The molecule has 0 saturated heterocycles. The number of hydrogen-bond donors (Lipinski definition) is 0. The Morgan fingerprint density at radius 3 is 2.63 bits per heavy atom. The predicted octanol–water partition coefficient (Wildman–Crippen LogP) is 6.54. The molecule has 0 saturated carbocycles. The fraction of sp³-hybridized carbons (Fsp3) is 0.200. The maximum absolute atomic E-state index is 14.4. The molecule has 0 radical (unpaired) electrons. The molecule has 0 amide bonds. The number of fused-ring (bicyclic) bond motifs is 1. The van der Waals surface area contributed by atoms with Crippen molar-refractivity contribution in [1.29, 1.82) is 0 Å². The van der Waals surface area contributed by atoms with Gasteiger partial charge in [0.25, 0.3) is 10.0 Å². The van der Waals surface area contributed by atoms with Crippen LogP contribution in [0.2, 0.25) is 5.02 Å². The van der Waals surface area contributed by atoms with Crippen LogP contribution in [0, 0.1) is 12.7 Å². The number of allylic oxidation sites excluding steroid dienone is 1. The molecule has 1 heterocycles. The Kier molecular flexibility index (Phi) is 7.00. The molecule has 0 N–H and O–H groups in total. The van der Waals surface area contributed by atoms with Gasteiger partial charge in [-0.1, -0.05) is 29.8 Å². The molecule has 0 atom stereocenters. The van der Waals surface area contributed by atoms with Crippen LogP contribution in [0.3, 0.4) is 0 Å². The highest BCUT2D eigenvalue weighted by atomic mass is 35.5. The highest BCUT2D eigenvalue weighted by Gasteiger charge is 2.31.